The molecule has 0 N–H and O–H groups in total. The first-order chi connectivity index (χ1) is 49.0. The summed E-state index contributed by atoms with van der Waals surface area (Å²) in [5.41, 5.74) is 0. The second kappa shape index (κ2) is 79.0. The van der Waals surface area contributed by atoms with Crippen LogP contribution in [0.15, 0.2) is 146 Å². The lowest BCUT2D eigenvalue weighted by Crippen LogP contribution is -2.37. The lowest BCUT2D eigenvalue weighted by molar-refractivity contribution is -0.870. The van der Waals surface area contributed by atoms with E-state index in [0.29, 0.717) is 17.4 Å². The molecule has 0 spiro atoms. The molecule has 0 aliphatic rings. The maximum atomic E-state index is 12.9. The molecule has 0 aromatic carbocycles. The number of carbonyl (C=O) groups excluding carboxylic acids is 2. The van der Waals surface area contributed by atoms with Gasteiger partial charge in [-0.2, -0.15) is 0 Å². The molecular formula is C90H156NO8P. The Labute approximate surface area is 618 Å². The molecule has 10 heteroatoms. The Morgan fingerprint density at radius 1 is 0.310 bits per heavy atom. The van der Waals surface area contributed by atoms with Gasteiger partial charge in [-0.25, -0.2) is 0 Å². The predicted octanol–water partition coefficient (Wildman–Crippen LogP) is 27.4. The van der Waals surface area contributed by atoms with Crippen LogP contribution in [-0.2, 0) is 32.7 Å². The molecule has 574 valence electrons. The normalized spacial score (nSPS) is 13.8. The fraction of sp³-hybridized carbons (Fsp3) is 0.711. The number of esters is 2. The summed E-state index contributed by atoms with van der Waals surface area (Å²) in [6, 6.07) is 0. The van der Waals surface area contributed by atoms with Gasteiger partial charge in [0.1, 0.15) is 19.8 Å². The molecule has 0 fully saturated rings. The molecule has 0 amide bonds. The SMILES string of the molecule is CC/C=C\C/C=C\C/C=C\C/C=C\C/C=C\C/C=C\C/C=C\CCCCCCCCCCCCCCCCCCCC(=O)OC(COC(=O)CCCCCCCCCCCCCCCCCCCCCCC/C=C\C/C=C\C/C=C\C/C=C\C/C=C\CC)COP(=O)([O-])OCC[N+](C)(C)C. The summed E-state index contributed by atoms with van der Waals surface area (Å²) in [4.78, 5) is 38.2. The van der Waals surface area contributed by atoms with Crippen molar-refractivity contribution in [3.8, 4) is 0 Å². The minimum Gasteiger partial charge on any atom is -0.756 e. The lowest BCUT2D eigenvalue weighted by atomic mass is 10.0. The molecule has 9 nitrogen and oxygen atoms in total. The monoisotopic (exact) mass is 1410 g/mol. The average molecular weight is 1410 g/mol. The van der Waals surface area contributed by atoms with Gasteiger partial charge in [-0.05, 0) is 116 Å². The summed E-state index contributed by atoms with van der Waals surface area (Å²) in [6.07, 6.45) is 117. The van der Waals surface area contributed by atoms with Crippen molar-refractivity contribution in [1.29, 1.82) is 0 Å². The molecular weight excluding hydrogens is 1250 g/mol. The summed E-state index contributed by atoms with van der Waals surface area (Å²) < 4.78 is 34.5. The third kappa shape index (κ3) is 82.8. The van der Waals surface area contributed by atoms with E-state index in [1.165, 1.54) is 212 Å². The Bertz CT molecular complexity index is 2210. The highest BCUT2D eigenvalue weighted by Crippen LogP contribution is 2.38. The molecule has 0 aliphatic heterocycles. The molecule has 0 saturated carbocycles. The zero-order valence-electron chi connectivity index (χ0n) is 65.6. The first-order valence-electron chi connectivity index (χ1n) is 41.5. The van der Waals surface area contributed by atoms with Crippen molar-refractivity contribution in [2.75, 3.05) is 47.5 Å². The molecule has 0 aliphatic carbocycles. The van der Waals surface area contributed by atoms with Gasteiger partial charge in [-0.15, -0.1) is 0 Å². The van der Waals surface area contributed by atoms with Crippen LogP contribution < -0.4 is 4.89 Å². The number of unbranched alkanes of at least 4 members (excludes halogenated alkanes) is 38. The van der Waals surface area contributed by atoms with Gasteiger partial charge in [0.15, 0.2) is 6.10 Å². The van der Waals surface area contributed by atoms with Crippen LogP contribution in [0.1, 0.15) is 361 Å². The Balaban J connectivity index is 3.94. The van der Waals surface area contributed by atoms with Crippen molar-refractivity contribution in [3.63, 3.8) is 0 Å². The molecule has 2 atom stereocenters. The quantitative estimate of drug-likeness (QED) is 0.0195. The van der Waals surface area contributed by atoms with Crippen LogP contribution in [0.3, 0.4) is 0 Å². The van der Waals surface area contributed by atoms with Crippen molar-refractivity contribution >= 4 is 19.8 Å². The van der Waals surface area contributed by atoms with E-state index in [2.05, 4.69) is 160 Å². The van der Waals surface area contributed by atoms with E-state index in [1.807, 2.05) is 21.1 Å². The minimum absolute atomic E-state index is 0.0332. The van der Waals surface area contributed by atoms with Crippen LogP contribution in [-0.4, -0.2) is 70.0 Å². The van der Waals surface area contributed by atoms with Crippen molar-refractivity contribution in [1.82, 2.24) is 0 Å². The Morgan fingerprint density at radius 2 is 0.540 bits per heavy atom. The van der Waals surface area contributed by atoms with Crippen molar-refractivity contribution in [2.24, 2.45) is 0 Å². The van der Waals surface area contributed by atoms with Crippen LogP contribution in [0.4, 0.5) is 0 Å². The summed E-state index contributed by atoms with van der Waals surface area (Å²) in [6.45, 7) is 4.05. The van der Waals surface area contributed by atoms with E-state index in [4.69, 9.17) is 18.5 Å². The number of nitrogens with zero attached hydrogens (tertiary/aromatic N) is 1. The number of likely N-dealkylation sites (N-methyl/N-ethyl adjacent to an activating group) is 1. The van der Waals surface area contributed by atoms with Crippen LogP contribution in [0, 0.1) is 0 Å². The maximum absolute atomic E-state index is 12.9. The molecule has 0 heterocycles. The molecule has 100 heavy (non-hydrogen) atoms. The summed E-state index contributed by atoms with van der Waals surface area (Å²) in [5, 5.41) is 0. The van der Waals surface area contributed by atoms with Gasteiger partial charge in [0.2, 0.25) is 0 Å². The Morgan fingerprint density at radius 3 is 0.800 bits per heavy atom. The fourth-order valence-corrected chi connectivity index (χ4v) is 12.3. The van der Waals surface area contributed by atoms with E-state index in [9.17, 15) is 19.0 Å². The topological polar surface area (TPSA) is 111 Å². The standard InChI is InChI=1S/C90H156NO8P/c1-6-8-10-12-14-16-18-20-22-24-26-28-30-32-34-36-38-40-42-44-45-47-49-51-53-55-57-59-61-63-65-67-69-71-73-75-77-79-81-83-90(93)99-88(87-98-100(94,95)97-85-84-91(3,4)5)86-96-89(92)82-80-78-76-74-72-70-68-66-64-62-60-58-56-54-52-50-48-46-43-41-39-37-35-33-31-29-27-25-23-21-19-17-15-13-11-9-7-2/h8-11,14-17,20-23,26-29,32-35,38,40,44-45,88H,6-7,12-13,18-19,24-25,30-31,36-37,39,41-43,46-87H2,1-5H3/b10-8-,11-9-,16-14-,17-15-,22-20-,23-21-,28-26-,29-27-,34-32-,35-33-,40-38-,45-44-. The third-order valence-corrected chi connectivity index (χ3v) is 18.8. The van der Waals surface area contributed by atoms with Gasteiger partial charge < -0.3 is 27.9 Å². The highest BCUT2D eigenvalue weighted by molar-refractivity contribution is 7.45. The van der Waals surface area contributed by atoms with E-state index in [-0.39, 0.29) is 32.0 Å². The second-order valence-electron chi connectivity index (χ2n) is 28.7. The average Bonchev–Trinajstić information content (AvgIpc) is 1.07. The zero-order chi connectivity index (χ0) is 72.5. The van der Waals surface area contributed by atoms with Gasteiger partial charge in [-0.3, -0.25) is 14.2 Å². The highest BCUT2D eigenvalue weighted by Gasteiger charge is 2.22. The number of ether oxygens (including phenoxy) is 2. The number of hydrogen-bond donors (Lipinski definition) is 0. The van der Waals surface area contributed by atoms with Crippen molar-refractivity contribution < 1.29 is 42.1 Å². The van der Waals surface area contributed by atoms with Crippen LogP contribution in [0.25, 0.3) is 0 Å². The van der Waals surface area contributed by atoms with Crippen LogP contribution >= 0.6 is 7.82 Å². The molecule has 0 bridgehead atoms. The molecule has 0 aromatic heterocycles. The van der Waals surface area contributed by atoms with Gasteiger partial charge in [0.05, 0.1) is 27.7 Å². The van der Waals surface area contributed by atoms with E-state index >= 15 is 0 Å². The maximum Gasteiger partial charge on any atom is 0.306 e. The van der Waals surface area contributed by atoms with E-state index in [1.54, 1.807) is 0 Å². The largest absolute Gasteiger partial charge is 0.756 e. The third-order valence-electron chi connectivity index (χ3n) is 17.9. The number of phosphoric acid groups is 1. The molecule has 2 unspecified atom stereocenters. The number of allylic oxidation sites excluding steroid dienone is 24. The fourth-order valence-electron chi connectivity index (χ4n) is 11.6. The smallest absolute Gasteiger partial charge is 0.306 e. The lowest BCUT2D eigenvalue weighted by Gasteiger charge is -2.28. The highest BCUT2D eigenvalue weighted by atomic mass is 31.2. The number of phosphoric ester groups is 1. The summed E-state index contributed by atoms with van der Waals surface area (Å²) in [7, 11) is 1.17. The molecule has 0 radical (unpaired) electrons. The van der Waals surface area contributed by atoms with Gasteiger partial charge in [0.25, 0.3) is 7.82 Å². The van der Waals surface area contributed by atoms with E-state index in [0.717, 1.165) is 116 Å². The summed E-state index contributed by atoms with van der Waals surface area (Å²) in [5.74, 6) is -0.821. The second-order valence-corrected chi connectivity index (χ2v) is 30.1. The number of hydrogen-bond acceptors (Lipinski definition) is 8. The summed E-state index contributed by atoms with van der Waals surface area (Å²) >= 11 is 0. The predicted molar refractivity (Wildman–Crippen MR) is 434 cm³/mol. The Kier molecular flexibility index (Phi) is 75.8. The number of quaternary nitrogens is 1. The van der Waals surface area contributed by atoms with Crippen LogP contribution in [0.2, 0.25) is 0 Å². The Hall–Kier alpha value is -4.11. The molecule has 0 saturated heterocycles. The van der Waals surface area contributed by atoms with Gasteiger partial charge in [0, 0.05) is 12.8 Å². The zero-order valence-corrected chi connectivity index (χ0v) is 66.5. The number of carbonyl (C=O) groups is 2. The van der Waals surface area contributed by atoms with Crippen LogP contribution in [0.5, 0.6) is 0 Å². The molecule has 0 aromatic rings. The van der Waals surface area contributed by atoms with Crippen molar-refractivity contribution in [3.05, 3.63) is 146 Å². The number of rotatable bonds is 76. The first kappa shape index (κ1) is 95.9. The van der Waals surface area contributed by atoms with E-state index < -0.39 is 26.5 Å². The first-order valence-corrected chi connectivity index (χ1v) is 43.0. The molecule has 0 rings (SSSR count). The van der Waals surface area contributed by atoms with Crippen molar-refractivity contribution in [2.45, 2.75) is 367 Å². The van der Waals surface area contributed by atoms with Gasteiger partial charge >= 0.3 is 11.9 Å². The van der Waals surface area contributed by atoms with Gasteiger partial charge in [-0.1, -0.05) is 378 Å². The minimum atomic E-state index is -4.65.